The van der Waals surface area contributed by atoms with E-state index in [9.17, 15) is 13.6 Å². The highest BCUT2D eigenvalue weighted by Gasteiger charge is 2.14. The van der Waals surface area contributed by atoms with Gasteiger partial charge in [-0.25, -0.2) is 8.78 Å². The molecule has 18 heavy (non-hydrogen) atoms. The summed E-state index contributed by atoms with van der Waals surface area (Å²) in [4.78, 5) is 11.9. The van der Waals surface area contributed by atoms with Crippen LogP contribution in [0.2, 0.25) is 0 Å². The van der Waals surface area contributed by atoms with E-state index in [2.05, 4.69) is 10.4 Å². The Hall–Kier alpha value is -2.24. The average molecular weight is 251 g/mol. The quantitative estimate of drug-likeness (QED) is 0.889. The van der Waals surface area contributed by atoms with Gasteiger partial charge in [-0.15, -0.1) is 0 Å². The number of aromatic nitrogens is 2. The van der Waals surface area contributed by atoms with Crippen LogP contribution >= 0.6 is 0 Å². The summed E-state index contributed by atoms with van der Waals surface area (Å²) in [5, 5.41) is 6.39. The fourth-order valence-corrected chi connectivity index (χ4v) is 1.60. The number of carbonyl (C=O) groups is 1. The van der Waals surface area contributed by atoms with Gasteiger partial charge in [-0.2, -0.15) is 5.10 Å². The summed E-state index contributed by atoms with van der Waals surface area (Å²) >= 11 is 0. The van der Waals surface area contributed by atoms with Gasteiger partial charge < -0.3 is 5.32 Å². The molecule has 0 unspecified atom stereocenters. The van der Waals surface area contributed by atoms with Crippen LogP contribution in [0.5, 0.6) is 0 Å². The number of aryl methyl sites for hydroxylation is 2. The molecular weight excluding hydrogens is 240 g/mol. The highest BCUT2D eigenvalue weighted by molar-refractivity contribution is 6.04. The zero-order valence-corrected chi connectivity index (χ0v) is 9.87. The number of halogens is 2. The van der Waals surface area contributed by atoms with E-state index in [1.807, 2.05) is 0 Å². The van der Waals surface area contributed by atoms with Gasteiger partial charge in [0.15, 0.2) is 0 Å². The molecule has 2 aromatic rings. The summed E-state index contributed by atoms with van der Waals surface area (Å²) in [6.45, 7) is 1.68. The second-order valence-electron chi connectivity index (χ2n) is 3.88. The second-order valence-corrected chi connectivity index (χ2v) is 3.88. The lowest BCUT2D eigenvalue weighted by atomic mass is 10.2. The molecular formula is C12H11F2N3O. The fourth-order valence-electron chi connectivity index (χ4n) is 1.60. The first-order valence-corrected chi connectivity index (χ1v) is 5.24. The molecule has 2 rings (SSSR count). The maximum Gasteiger partial charge on any atom is 0.259 e. The van der Waals surface area contributed by atoms with E-state index >= 15 is 0 Å². The van der Waals surface area contributed by atoms with Gasteiger partial charge in [-0.3, -0.25) is 9.48 Å². The first kappa shape index (κ1) is 12.2. The Morgan fingerprint density at radius 1 is 1.39 bits per heavy atom. The number of benzene rings is 1. The van der Waals surface area contributed by atoms with Crippen molar-refractivity contribution in [1.29, 1.82) is 0 Å². The molecule has 0 aliphatic heterocycles. The summed E-state index contributed by atoms with van der Waals surface area (Å²) in [6.07, 6.45) is 1.53. The summed E-state index contributed by atoms with van der Waals surface area (Å²) in [6, 6.07) is 2.97. The molecule has 0 atom stereocenters. The van der Waals surface area contributed by atoms with E-state index in [1.54, 1.807) is 14.0 Å². The van der Waals surface area contributed by atoms with Crippen molar-refractivity contribution in [2.24, 2.45) is 7.05 Å². The van der Waals surface area contributed by atoms with Crippen LogP contribution in [0.3, 0.4) is 0 Å². The molecule has 1 amide bonds. The third-order valence-electron chi connectivity index (χ3n) is 2.44. The molecule has 1 aromatic heterocycles. The van der Waals surface area contributed by atoms with Crippen LogP contribution in [0, 0.1) is 18.6 Å². The van der Waals surface area contributed by atoms with Crippen molar-refractivity contribution in [3.63, 3.8) is 0 Å². The predicted octanol–water partition coefficient (Wildman–Crippen LogP) is 2.26. The van der Waals surface area contributed by atoms with Gasteiger partial charge in [0.1, 0.15) is 11.6 Å². The standard InChI is InChI=1S/C12H11F2N3O/c1-7-9(6-17(2)16-7)12(18)15-11-4-3-8(13)5-10(11)14/h3-6H,1-2H3,(H,15,18). The third kappa shape index (κ3) is 2.37. The minimum atomic E-state index is -0.815. The van der Waals surface area contributed by atoms with Gasteiger partial charge in [-0.1, -0.05) is 0 Å². The van der Waals surface area contributed by atoms with Crippen molar-refractivity contribution in [3.8, 4) is 0 Å². The maximum atomic E-state index is 13.4. The molecule has 1 N–H and O–H groups in total. The molecule has 1 heterocycles. The van der Waals surface area contributed by atoms with E-state index in [0.717, 1.165) is 6.07 Å². The van der Waals surface area contributed by atoms with Crippen LogP contribution < -0.4 is 5.32 Å². The van der Waals surface area contributed by atoms with Gasteiger partial charge in [0.2, 0.25) is 0 Å². The molecule has 0 saturated carbocycles. The number of anilines is 1. The van der Waals surface area contributed by atoms with Crippen LogP contribution in [-0.4, -0.2) is 15.7 Å². The molecule has 0 aliphatic carbocycles. The summed E-state index contributed by atoms with van der Waals surface area (Å²) in [5.41, 5.74) is 0.823. The lowest BCUT2D eigenvalue weighted by molar-refractivity contribution is 0.102. The Balaban J connectivity index is 2.24. The number of hydrogen-bond donors (Lipinski definition) is 1. The Morgan fingerprint density at radius 3 is 2.67 bits per heavy atom. The average Bonchev–Trinajstić information content (AvgIpc) is 2.62. The smallest absolute Gasteiger partial charge is 0.259 e. The topological polar surface area (TPSA) is 46.9 Å². The SMILES string of the molecule is Cc1nn(C)cc1C(=O)Nc1ccc(F)cc1F. The van der Waals surface area contributed by atoms with Crippen molar-refractivity contribution in [2.75, 3.05) is 5.32 Å². The van der Waals surface area contributed by atoms with Crippen molar-refractivity contribution in [3.05, 3.63) is 47.3 Å². The molecule has 0 saturated heterocycles. The zero-order valence-electron chi connectivity index (χ0n) is 9.87. The van der Waals surface area contributed by atoms with E-state index in [4.69, 9.17) is 0 Å². The molecule has 0 radical (unpaired) electrons. The van der Waals surface area contributed by atoms with Gasteiger partial charge in [-0.05, 0) is 19.1 Å². The summed E-state index contributed by atoms with van der Waals surface area (Å²) in [7, 11) is 1.68. The molecule has 1 aromatic carbocycles. The number of nitrogens with one attached hydrogen (secondary N) is 1. The first-order chi connectivity index (χ1) is 8.47. The highest BCUT2D eigenvalue weighted by Crippen LogP contribution is 2.16. The fraction of sp³-hybridized carbons (Fsp3) is 0.167. The van der Waals surface area contributed by atoms with Crippen LogP contribution in [0.25, 0.3) is 0 Å². The monoisotopic (exact) mass is 251 g/mol. The second kappa shape index (κ2) is 4.56. The Kier molecular flexibility index (Phi) is 3.10. The van der Waals surface area contributed by atoms with E-state index in [-0.39, 0.29) is 5.69 Å². The Labute approximate surface area is 102 Å². The number of hydrogen-bond acceptors (Lipinski definition) is 2. The maximum absolute atomic E-state index is 13.4. The molecule has 94 valence electrons. The van der Waals surface area contributed by atoms with Crippen LogP contribution in [-0.2, 0) is 7.05 Å². The van der Waals surface area contributed by atoms with E-state index < -0.39 is 17.5 Å². The van der Waals surface area contributed by atoms with Crippen molar-refractivity contribution < 1.29 is 13.6 Å². The van der Waals surface area contributed by atoms with Crippen molar-refractivity contribution in [1.82, 2.24) is 9.78 Å². The zero-order chi connectivity index (χ0) is 13.3. The van der Waals surface area contributed by atoms with E-state index in [0.29, 0.717) is 17.3 Å². The van der Waals surface area contributed by atoms with Gasteiger partial charge in [0.25, 0.3) is 5.91 Å². The van der Waals surface area contributed by atoms with Crippen LogP contribution in [0.1, 0.15) is 16.1 Å². The normalized spacial score (nSPS) is 10.4. The minimum Gasteiger partial charge on any atom is -0.319 e. The lowest BCUT2D eigenvalue weighted by Gasteiger charge is -2.05. The lowest BCUT2D eigenvalue weighted by Crippen LogP contribution is -2.13. The summed E-state index contributed by atoms with van der Waals surface area (Å²) < 4.78 is 27.6. The number of carbonyl (C=O) groups excluding carboxylic acids is 1. The molecule has 4 nitrogen and oxygen atoms in total. The van der Waals surface area contributed by atoms with Crippen molar-refractivity contribution in [2.45, 2.75) is 6.92 Å². The van der Waals surface area contributed by atoms with Gasteiger partial charge >= 0.3 is 0 Å². The summed E-state index contributed by atoms with van der Waals surface area (Å²) in [5.74, 6) is -1.99. The first-order valence-electron chi connectivity index (χ1n) is 5.24. The molecule has 0 bridgehead atoms. The van der Waals surface area contributed by atoms with Crippen LogP contribution in [0.15, 0.2) is 24.4 Å². The van der Waals surface area contributed by atoms with Crippen molar-refractivity contribution >= 4 is 11.6 Å². The minimum absolute atomic E-state index is 0.0651. The highest BCUT2D eigenvalue weighted by atomic mass is 19.1. The molecule has 0 spiro atoms. The third-order valence-corrected chi connectivity index (χ3v) is 2.44. The van der Waals surface area contributed by atoms with Gasteiger partial charge in [0.05, 0.1) is 16.9 Å². The largest absolute Gasteiger partial charge is 0.319 e. The van der Waals surface area contributed by atoms with Crippen LogP contribution in [0.4, 0.5) is 14.5 Å². The molecule has 6 heteroatoms. The molecule has 0 fully saturated rings. The number of nitrogens with zero attached hydrogens (tertiary/aromatic N) is 2. The molecule has 0 aliphatic rings. The van der Waals surface area contributed by atoms with E-state index in [1.165, 1.54) is 16.9 Å². The Morgan fingerprint density at radius 2 is 2.11 bits per heavy atom. The predicted molar refractivity (Wildman–Crippen MR) is 62.3 cm³/mol. The number of amides is 1. The number of rotatable bonds is 2. The van der Waals surface area contributed by atoms with Gasteiger partial charge in [0, 0.05) is 19.3 Å². The Bertz CT molecular complexity index is 607.